The van der Waals surface area contributed by atoms with E-state index in [0.717, 1.165) is 11.5 Å². The third-order valence-corrected chi connectivity index (χ3v) is 8.87. The van der Waals surface area contributed by atoms with Gasteiger partial charge < -0.3 is 29.8 Å². The molecule has 1 saturated heterocycles. The molecule has 4 aromatic rings. The summed E-state index contributed by atoms with van der Waals surface area (Å²) in [6, 6.07) is 13.7. The number of nitro groups is 1. The quantitative estimate of drug-likeness (QED) is 0.166. The normalized spacial score (nSPS) is 18.6. The standard InChI is InChI=1S/C29H30N6O8S/c36-19-6-7-20(43-17-19)16-31-23-9-8-21(15-25(23)35(38)39)44(40,41)33-28(37)22-4-1-2-5-24(22)34-12-3-13-42-29-26(34)14-18-10-11-30-27(18)32-29/h1-2,4-5,8-11,14-15,19-20,31,36H,3,6-7,12-13,16-17H2,(H,30,32)(H,33,37)/t19-,20+/m1/s1. The number of rotatable bonds is 8. The molecule has 0 radical (unpaired) electrons. The summed E-state index contributed by atoms with van der Waals surface area (Å²) >= 11 is 0. The van der Waals surface area contributed by atoms with Gasteiger partial charge in [0.2, 0.25) is 5.88 Å². The first-order valence-electron chi connectivity index (χ1n) is 14.1. The number of pyridine rings is 1. The number of nitrogens with zero attached hydrogens (tertiary/aromatic N) is 3. The van der Waals surface area contributed by atoms with Crippen LogP contribution < -0.4 is 19.7 Å². The second kappa shape index (κ2) is 12.1. The number of carbonyl (C=O) groups excluding carboxylic acids is 1. The predicted molar refractivity (Wildman–Crippen MR) is 161 cm³/mol. The molecule has 2 aromatic heterocycles. The number of nitrogens with one attached hydrogen (secondary N) is 3. The largest absolute Gasteiger partial charge is 0.476 e. The molecule has 4 heterocycles. The Morgan fingerprint density at radius 3 is 2.80 bits per heavy atom. The van der Waals surface area contributed by atoms with E-state index in [-0.39, 0.29) is 30.5 Å². The zero-order valence-electron chi connectivity index (χ0n) is 23.4. The van der Waals surface area contributed by atoms with Crippen molar-refractivity contribution in [2.24, 2.45) is 0 Å². The Morgan fingerprint density at radius 2 is 2.00 bits per heavy atom. The van der Waals surface area contributed by atoms with Crippen LogP contribution >= 0.6 is 0 Å². The Kier molecular flexibility index (Phi) is 8.07. The van der Waals surface area contributed by atoms with Crippen LogP contribution in [0.3, 0.4) is 0 Å². The predicted octanol–water partition coefficient (Wildman–Crippen LogP) is 3.46. The number of anilines is 3. The monoisotopic (exact) mass is 622 g/mol. The van der Waals surface area contributed by atoms with Crippen molar-refractivity contribution < 1.29 is 32.7 Å². The van der Waals surface area contributed by atoms with Gasteiger partial charge >= 0.3 is 0 Å². The molecule has 0 aliphatic carbocycles. The van der Waals surface area contributed by atoms with E-state index in [9.17, 15) is 28.4 Å². The first-order valence-corrected chi connectivity index (χ1v) is 15.5. The number of aliphatic hydroxyl groups is 1. The first-order chi connectivity index (χ1) is 21.2. The number of aliphatic hydroxyl groups excluding tert-OH is 1. The van der Waals surface area contributed by atoms with Crippen molar-refractivity contribution in [2.75, 3.05) is 36.5 Å². The first kappa shape index (κ1) is 29.3. The van der Waals surface area contributed by atoms with Gasteiger partial charge in [-0.3, -0.25) is 14.9 Å². The van der Waals surface area contributed by atoms with Gasteiger partial charge in [0.05, 0.1) is 46.5 Å². The average Bonchev–Trinajstić information content (AvgIpc) is 3.37. The van der Waals surface area contributed by atoms with Crippen LogP contribution in [0.15, 0.2) is 65.7 Å². The van der Waals surface area contributed by atoms with Gasteiger partial charge in [-0.15, -0.1) is 0 Å². The fourth-order valence-corrected chi connectivity index (χ4v) is 6.29. The highest BCUT2D eigenvalue weighted by molar-refractivity contribution is 7.90. The molecule has 230 valence electrons. The number of nitro benzene ring substituents is 1. The number of benzene rings is 2. The fourth-order valence-electron chi connectivity index (χ4n) is 5.31. The van der Waals surface area contributed by atoms with Gasteiger partial charge in [-0.05, 0) is 55.7 Å². The highest BCUT2D eigenvalue weighted by atomic mass is 32.2. The summed E-state index contributed by atoms with van der Waals surface area (Å²) in [6.07, 6.45) is 2.72. The van der Waals surface area contributed by atoms with E-state index in [2.05, 4.69) is 20.0 Å². The van der Waals surface area contributed by atoms with Crippen LogP contribution in [0.1, 0.15) is 29.6 Å². The average molecular weight is 623 g/mol. The second-order valence-corrected chi connectivity index (χ2v) is 12.2. The van der Waals surface area contributed by atoms with Crippen molar-refractivity contribution in [3.8, 4) is 5.88 Å². The number of hydrogen-bond acceptors (Lipinski definition) is 11. The molecule has 2 atom stereocenters. The van der Waals surface area contributed by atoms with Gasteiger partial charge in [-0.25, -0.2) is 13.1 Å². The number of hydrogen-bond donors (Lipinski definition) is 4. The molecule has 15 heteroatoms. The van der Waals surface area contributed by atoms with Crippen molar-refractivity contribution in [3.63, 3.8) is 0 Å². The van der Waals surface area contributed by atoms with Gasteiger partial charge in [0.1, 0.15) is 17.0 Å². The Labute approximate surface area is 252 Å². The maximum Gasteiger partial charge on any atom is 0.293 e. The molecule has 1 fully saturated rings. The molecule has 0 saturated carbocycles. The SMILES string of the molecule is O=C(NS(=O)(=O)c1ccc(NC[C@@H]2CC[C@@H](O)CO2)c([N+](=O)[O-])c1)c1ccccc1N1CCCOc2nc3[nH]ccc3cc21. The van der Waals surface area contributed by atoms with Crippen molar-refractivity contribution in [1.82, 2.24) is 14.7 Å². The molecule has 2 aromatic carbocycles. The molecule has 0 spiro atoms. The van der Waals surface area contributed by atoms with Crippen LogP contribution in [-0.4, -0.2) is 72.8 Å². The smallest absolute Gasteiger partial charge is 0.293 e. The molecule has 4 N–H and O–H groups in total. The zero-order chi connectivity index (χ0) is 30.8. The summed E-state index contributed by atoms with van der Waals surface area (Å²) in [5.74, 6) is -0.515. The maximum absolute atomic E-state index is 13.5. The Morgan fingerprint density at radius 1 is 1.16 bits per heavy atom. The van der Waals surface area contributed by atoms with Crippen LogP contribution in [0.4, 0.5) is 22.7 Å². The lowest BCUT2D eigenvalue weighted by Crippen LogP contribution is -2.33. The lowest BCUT2D eigenvalue weighted by molar-refractivity contribution is -0.384. The van der Waals surface area contributed by atoms with E-state index in [1.165, 1.54) is 18.2 Å². The van der Waals surface area contributed by atoms with E-state index in [1.807, 2.05) is 17.0 Å². The van der Waals surface area contributed by atoms with Crippen LogP contribution in [-0.2, 0) is 14.8 Å². The Hall–Kier alpha value is -4.73. The lowest BCUT2D eigenvalue weighted by atomic mass is 10.1. The minimum atomic E-state index is -4.50. The summed E-state index contributed by atoms with van der Waals surface area (Å²) in [4.78, 5) is 33.7. The number of fused-ring (bicyclic) bond motifs is 2. The molecular weight excluding hydrogens is 592 g/mol. The summed E-state index contributed by atoms with van der Waals surface area (Å²) in [5.41, 5.74) is 1.45. The van der Waals surface area contributed by atoms with Crippen LogP contribution in [0, 0.1) is 10.1 Å². The van der Waals surface area contributed by atoms with Crippen molar-refractivity contribution in [2.45, 2.75) is 36.4 Å². The van der Waals surface area contributed by atoms with Crippen molar-refractivity contribution in [1.29, 1.82) is 0 Å². The molecular formula is C29H30N6O8S. The minimum Gasteiger partial charge on any atom is -0.476 e. The van der Waals surface area contributed by atoms with Crippen LogP contribution in [0.2, 0.25) is 0 Å². The fraction of sp³-hybridized carbons (Fsp3) is 0.310. The van der Waals surface area contributed by atoms with Gasteiger partial charge in [0.15, 0.2) is 0 Å². The van der Waals surface area contributed by atoms with Crippen molar-refractivity contribution in [3.05, 3.63) is 76.5 Å². The summed E-state index contributed by atoms with van der Waals surface area (Å²) in [5, 5.41) is 25.2. The topological polar surface area (TPSA) is 189 Å². The second-order valence-electron chi connectivity index (χ2n) is 10.5. The van der Waals surface area contributed by atoms with Gasteiger partial charge in [-0.2, -0.15) is 4.98 Å². The molecule has 44 heavy (non-hydrogen) atoms. The number of aromatic nitrogens is 2. The van der Waals surface area contributed by atoms with E-state index >= 15 is 0 Å². The van der Waals surface area contributed by atoms with Crippen LogP contribution in [0.5, 0.6) is 5.88 Å². The number of para-hydroxylation sites is 1. The number of ether oxygens (including phenoxy) is 2. The summed E-state index contributed by atoms with van der Waals surface area (Å²) < 4.78 is 40.1. The maximum atomic E-state index is 13.5. The van der Waals surface area contributed by atoms with Gasteiger partial charge in [0.25, 0.3) is 21.6 Å². The van der Waals surface area contributed by atoms with Gasteiger partial charge in [0, 0.05) is 30.7 Å². The Bertz CT molecular complexity index is 1820. The van der Waals surface area contributed by atoms with Gasteiger partial charge in [-0.1, -0.05) is 12.1 Å². The summed E-state index contributed by atoms with van der Waals surface area (Å²) in [6.45, 7) is 1.31. The highest BCUT2D eigenvalue weighted by Crippen LogP contribution is 2.38. The number of amides is 1. The van der Waals surface area contributed by atoms with E-state index in [1.54, 1.807) is 24.4 Å². The summed E-state index contributed by atoms with van der Waals surface area (Å²) in [7, 11) is -4.50. The van der Waals surface area contributed by atoms with E-state index < -0.39 is 37.5 Å². The number of sulfonamides is 1. The third kappa shape index (κ3) is 6.02. The van der Waals surface area contributed by atoms with Crippen LogP contribution in [0.25, 0.3) is 11.0 Å². The third-order valence-electron chi connectivity index (χ3n) is 7.55. The van der Waals surface area contributed by atoms with Crippen molar-refractivity contribution >= 4 is 49.7 Å². The number of carbonyl (C=O) groups is 1. The molecule has 0 bridgehead atoms. The Balaban J connectivity index is 1.25. The molecule has 2 aliphatic rings. The molecule has 0 unspecified atom stereocenters. The molecule has 6 rings (SSSR count). The molecule has 1 amide bonds. The minimum absolute atomic E-state index is 0.0866. The van der Waals surface area contributed by atoms with E-state index in [0.29, 0.717) is 55.3 Å². The number of aromatic amines is 1. The highest BCUT2D eigenvalue weighted by Gasteiger charge is 2.28. The molecule has 14 nitrogen and oxygen atoms in total. The number of H-pyrrole nitrogens is 1. The zero-order valence-corrected chi connectivity index (χ0v) is 24.2. The van der Waals surface area contributed by atoms with E-state index in [4.69, 9.17) is 9.47 Å². The molecule has 2 aliphatic heterocycles. The lowest BCUT2D eigenvalue weighted by Gasteiger charge is -2.26.